The molecule has 0 aliphatic heterocycles. The molecule has 0 saturated carbocycles. The van der Waals surface area contributed by atoms with Gasteiger partial charge in [0, 0.05) is 25.2 Å². The van der Waals surface area contributed by atoms with Gasteiger partial charge in [-0.25, -0.2) is 13.1 Å². The Balaban J connectivity index is 1.97. The summed E-state index contributed by atoms with van der Waals surface area (Å²) in [6.07, 6.45) is 1.46. The first-order valence-electron chi connectivity index (χ1n) is 9.70. The van der Waals surface area contributed by atoms with Crippen LogP contribution in [0.1, 0.15) is 26.3 Å². The minimum Gasteiger partial charge on any atom is -0.277 e. The molecule has 3 aromatic rings. The highest BCUT2D eigenvalue weighted by molar-refractivity contribution is 7.89. The molecule has 0 amide bonds. The van der Waals surface area contributed by atoms with E-state index in [2.05, 4.69) is 26.1 Å². The summed E-state index contributed by atoms with van der Waals surface area (Å²) < 4.78 is 28.9. The molecule has 0 radical (unpaired) electrons. The average molecular weight is 459 g/mol. The second-order valence-electron chi connectivity index (χ2n) is 6.64. The summed E-state index contributed by atoms with van der Waals surface area (Å²) in [4.78, 5) is 10.4. The van der Waals surface area contributed by atoms with Crippen molar-refractivity contribution >= 4 is 27.1 Å². The zero-order valence-electron chi connectivity index (χ0n) is 17.7. The Bertz CT molecular complexity index is 1240. The molecule has 13 heteroatoms. The summed E-state index contributed by atoms with van der Waals surface area (Å²) >= 11 is 0. The zero-order chi connectivity index (χ0) is 23.3. The number of hydrazone groups is 1. The van der Waals surface area contributed by atoms with Crippen LogP contribution in [0.3, 0.4) is 0 Å². The number of non-ortho nitro benzene ring substituents is 1. The number of benzene rings is 2. The fraction of sp³-hybridized carbons (Fsp3) is 0.263. The van der Waals surface area contributed by atoms with E-state index in [4.69, 9.17) is 0 Å². The Morgan fingerprint density at radius 2 is 1.97 bits per heavy atom. The lowest BCUT2D eigenvalue weighted by atomic mass is 10.1. The van der Waals surface area contributed by atoms with Gasteiger partial charge in [0.1, 0.15) is 11.2 Å². The third-order valence-electron chi connectivity index (χ3n) is 4.72. The van der Waals surface area contributed by atoms with E-state index in [0.29, 0.717) is 5.71 Å². The number of sulfonamides is 1. The second kappa shape index (κ2) is 9.62. The van der Waals surface area contributed by atoms with Crippen molar-refractivity contribution in [2.75, 3.05) is 18.5 Å². The van der Waals surface area contributed by atoms with Gasteiger partial charge in [0.25, 0.3) is 5.69 Å². The maximum atomic E-state index is 13.1. The lowest BCUT2D eigenvalue weighted by Gasteiger charge is -2.20. The van der Waals surface area contributed by atoms with Gasteiger partial charge in [-0.3, -0.25) is 15.5 Å². The summed E-state index contributed by atoms with van der Waals surface area (Å²) in [5, 5.41) is 26.6. The normalized spacial score (nSPS) is 12.2. The summed E-state index contributed by atoms with van der Waals surface area (Å²) in [6, 6.07) is 10.9. The summed E-state index contributed by atoms with van der Waals surface area (Å²) in [7, 11) is -3.97. The first-order chi connectivity index (χ1) is 15.3. The molecular weight excluding hydrogens is 436 g/mol. The predicted octanol–water partition coefficient (Wildman–Crippen LogP) is 2.44. The summed E-state index contributed by atoms with van der Waals surface area (Å²) in [5.41, 5.74) is 4.60. The minimum absolute atomic E-state index is 0.137. The standard InChI is InChI=1S/C19H22N8O4S/c1-4-25(5-2)32(30,31)19-12-17(27(28)29)9-10-18(19)22-21-14(3)15-7-6-8-16(11-15)26-13-20-23-24-26/h6-13,22H,4-5H2,1-3H3/b21-14+. The SMILES string of the molecule is CCN(CC)S(=O)(=O)c1cc([N+](=O)[O-])ccc1N/N=C(\C)c1cccc(-n2cnnn2)c1. The van der Waals surface area contributed by atoms with E-state index < -0.39 is 14.9 Å². The smallest absolute Gasteiger partial charge is 0.270 e. The van der Waals surface area contributed by atoms with E-state index in [9.17, 15) is 18.5 Å². The maximum absolute atomic E-state index is 13.1. The molecular formula is C19H22N8O4S. The van der Waals surface area contributed by atoms with Crippen molar-refractivity contribution in [3.05, 3.63) is 64.5 Å². The molecule has 12 nitrogen and oxygen atoms in total. The molecule has 1 N–H and O–H groups in total. The number of hydrogen-bond donors (Lipinski definition) is 1. The van der Waals surface area contributed by atoms with Crippen molar-refractivity contribution in [2.24, 2.45) is 5.10 Å². The molecule has 1 heterocycles. The van der Waals surface area contributed by atoms with Gasteiger partial charge in [-0.2, -0.15) is 9.41 Å². The number of nitro benzene ring substituents is 1. The number of aromatic nitrogens is 4. The average Bonchev–Trinajstić information content (AvgIpc) is 3.33. The Morgan fingerprint density at radius 1 is 1.22 bits per heavy atom. The Labute approximate surface area is 184 Å². The zero-order valence-corrected chi connectivity index (χ0v) is 18.5. The molecule has 3 rings (SSSR count). The van der Waals surface area contributed by atoms with E-state index >= 15 is 0 Å². The Kier molecular flexibility index (Phi) is 6.90. The fourth-order valence-electron chi connectivity index (χ4n) is 2.99. The highest BCUT2D eigenvalue weighted by Crippen LogP contribution is 2.29. The van der Waals surface area contributed by atoms with Crippen LogP contribution in [0, 0.1) is 10.1 Å². The number of rotatable bonds is 9. The minimum atomic E-state index is -3.97. The van der Waals surface area contributed by atoms with Crippen molar-refractivity contribution in [3.8, 4) is 5.69 Å². The number of anilines is 1. The van der Waals surface area contributed by atoms with Crippen LogP contribution in [-0.4, -0.2) is 56.7 Å². The largest absolute Gasteiger partial charge is 0.277 e. The molecule has 0 saturated heterocycles. The van der Waals surface area contributed by atoms with Crippen LogP contribution < -0.4 is 5.43 Å². The molecule has 0 fully saturated rings. The number of hydrogen-bond acceptors (Lipinski definition) is 9. The fourth-order valence-corrected chi connectivity index (χ4v) is 4.61. The van der Waals surface area contributed by atoms with Crippen molar-refractivity contribution in [1.82, 2.24) is 24.5 Å². The van der Waals surface area contributed by atoms with Crippen LogP contribution in [-0.2, 0) is 10.0 Å². The maximum Gasteiger partial charge on any atom is 0.270 e. The Morgan fingerprint density at radius 3 is 2.59 bits per heavy atom. The number of nitrogens with one attached hydrogen (secondary N) is 1. The molecule has 0 unspecified atom stereocenters. The van der Waals surface area contributed by atoms with E-state index in [0.717, 1.165) is 17.3 Å². The van der Waals surface area contributed by atoms with E-state index in [-0.39, 0.29) is 29.4 Å². The van der Waals surface area contributed by atoms with E-state index in [1.165, 1.54) is 27.4 Å². The lowest BCUT2D eigenvalue weighted by molar-refractivity contribution is -0.385. The summed E-state index contributed by atoms with van der Waals surface area (Å²) in [6.45, 7) is 5.60. The number of tetrazole rings is 1. The molecule has 0 bridgehead atoms. The van der Waals surface area contributed by atoms with Gasteiger partial charge in [0.2, 0.25) is 10.0 Å². The van der Waals surface area contributed by atoms with Gasteiger partial charge in [0.15, 0.2) is 0 Å². The number of nitrogens with zero attached hydrogens (tertiary/aromatic N) is 7. The van der Waals surface area contributed by atoms with Crippen LogP contribution in [0.2, 0.25) is 0 Å². The first kappa shape index (κ1) is 23.0. The van der Waals surface area contributed by atoms with Gasteiger partial charge in [0.05, 0.1) is 22.0 Å². The topological polar surface area (TPSA) is 149 Å². The lowest BCUT2D eigenvalue weighted by Crippen LogP contribution is -2.31. The molecule has 0 aliphatic rings. The van der Waals surface area contributed by atoms with Gasteiger partial charge >= 0.3 is 0 Å². The van der Waals surface area contributed by atoms with Crippen LogP contribution in [0.4, 0.5) is 11.4 Å². The molecule has 168 valence electrons. The van der Waals surface area contributed by atoms with Crippen molar-refractivity contribution < 1.29 is 13.3 Å². The van der Waals surface area contributed by atoms with Gasteiger partial charge < -0.3 is 0 Å². The Hall–Kier alpha value is -3.71. The predicted molar refractivity (Wildman–Crippen MR) is 118 cm³/mol. The van der Waals surface area contributed by atoms with Crippen LogP contribution in [0.25, 0.3) is 5.69 Å². The molecule has 0 aliphatic carbocycles. The molecule has 0 atom stereocenters. The van der Waals surface area contributed by atoms with E-state index in [1.54, 1.807) is 20.8 Å². The third kappa shape index (κ3) is 4.78. The van der Waals surface area contributed by atoms with E-state index in [1.807, 2.05) is 24.3 Å². The molecule has 32 heavy (non-hydrogen) atoms. The van der Waals surface area contributed by atoms with Crippen molar-refractivity contribution in [3.63, 3.8) is 0 Å². The van der Waals surface area contributed by atoms with Crippen molar-refractivity contribution in [1.29, 1.82) is 0 Å². The van der Waals surface area contributed by atoms with Gasteiger partial charge in [-0.15, -0.1) is 5.10 Å². The highest BCUT2D eigenvalue weighted by Gasteiger charge is 2.27. The first-order valence-corrected chi connectivity index (χ1v) is 11.1. The van der Waals surface area contributed by atoms with Crippen LogP contribution in [0.15, 0.2) is 58.8 Å². The monoisotopic (exact) mass is 458 g/mol. The van der Waals surface area contributed by atoms with Gasteiger partial charge in [-0.1, -0.05) is 26.0 Å². The number of nitro groups is 1. The molecule has 1 aromatic heterocycles. The quantitative estimate of drug-likeness (QED) is 0.292. The van der Waals surface area contributed by atoms with Crippen LogP contribution in [0.5, 0.6) is 0 Å². The van der Waals surface area contributed by atoms with Gasteiger partial charge in [-0.05, 0) is 41.1 Å². The molecule has 0 spiro atoms. The van der Waals surface area contributed by atoms with Crippen LogP contribution >= 0.6 is 0 Å². The molecule has 2 aromatic carbocycles. The second-order valence-corrected chi connectivity index (χ2v) is 8.55. The highest BCUT2D eigenvalue weighted by atomic mass is 32.2. The summed E-state index contributed by atoms with van der Waals surface area (Å²) in [5.74, 6) is 0. The third-order valence-corrected chi connectivity index (χ3v) is 6.81. The van der Waals surface area contributed by atoms with Crippen molar-refractivity contribution in [2.45, 2.75) is 25.7 Å².